The van der Waals surface area contributed by atoms with Gasteiger partial charge in [0, 0.05) is 19.7 Å². The molecule has 23 heavy (non-hydrogen) atoms. The molecule has 0 bridgehead atoms. The molecule has 1 saturated heterocycles. The largest absolute Gasteiger partial charge is 0.296 e. The first-order chi connectivity index (χ1) is 10.9. The third-order valence-corrected chi connectivity index (χ3v) is 6.82. The summed E-state index contributed by atoms with van der Waals surface area (Å²) >= 11 is 6.75. The van der Waals surface area contributed by atoms with E-state index in [9.17, 15) is 13.2 Å². The molecule has 7 nitrogen and oxygen atoms in total. The molecule has 1 aliphatic rings. The highest BCUT2D eigenvalue weighted by atomic mass is 35.5. The highest BCUT2D eigenvalue weighted by Gasteiger charge is 2.34. The van der Waals surface area contributed by atoms with Gasteiger partial charge in [0.15, 0.2) is 0 Å². The number of aryl methyl sites for hydroxylation is 1. The number of hydrogen-bond acceptors (Lipinski definition) is 5. The quantitative estimate of drug-likeness (QED) is 0.881. The molecule has 0 radical (unpaired) electrons. The molecule has 1 fully saturated rings. The Morgan fingerprint density at radius 1 is 1.39 bits per heavy atom. The molecule has 0 aromatic carbocycles. The van der Waals surface area contributed by atoms with Gasteiger partial charge in [-0.1, -0.05) is 11.6 Å². The lowest BCUT2D eigenvalue weighted by molar-refractivity contribution is -0.121. The summed E-state index contributed by atoms with van der Waals surface area (Å²) < 4.78 is 29.3. The number of halogens is 1. The molecule has 3 rings (SSSR count). The van der Waals surface area contributed by atoms with Crippen molar-refractivity contribution in [3.8, 4) is 0 Å². The van der Waals surface area contributed by atoms with E-state index in [-0.39, 0.29) is 10.1 Å². The minimum Gasteiger partial charge on any atom is -0.296 e. The molecule has 1 aliphatic heterocycles. The van der Waals surface area contributed by atoms with Crippen LogP contribution in [-0.4, -0.2) is 36.7 Å². The lowest BCUT2D eigenvalue weighted by Gasteiger charge is -2.32. The zero-order valence-electron chi connectivity index (χ0n) is 12.3. The van der Waals surface area contributed by atoms with E-state index in [2.05, 4.69) is 9.82 Å². The van der Waals surface area contributed by atoms with Crippen molar-refractivity contribution in [2.75, 3.05) is 11.4 Å². The second-order valence-corrected chi connectivity index (χ2v) is 8.83. The maximum absolute atomic E-state index is 12.6. The molecule has 1 N–H and O–H groups in total. The first-order valence-electron chi connectivity index (χ1n) is 6.95. The van der Waals surface area contributed by atoms with Gasteiger partial charge >= 0.3 is 0 Å². The van der Waals surface area contributed by atoms with Crippen LogP contribution >= 0.6 is 22.9 Å². The molecule has 3 heterocycles. The van der Waals surface area contributed by atoms with Crippen LogP contribution in [0.25, 0.3) is 0 Å². The Morgan fingerprint density at radius 3 is 2.78 bits per heavy atom. The highest BCUT2D eigenvalue weighted by Crippen LogP contribution is 2.27. The first-order valence-corrected chi connectivity index (χ1v) is 9.63. The lowest BCUT2D eigenvalue weighted by Crippen LogP contribution is -2.52. The van der Waals surface area contributed by atoms with Gasteiger partial charge < -0.3 is 0 Å². The summed E-state index contributed by atoms with van der Waals surface area (Å²) in [6.07, 6.45) is 2.77. The first kappa shape index (κ1) is 16.4. The number of piperidine rings is 1. The van der Waals surface area contributed by atoms with Crippen LogP contribution in [0.3, 0.4) is 0 Å². The minimum absolute atomic E-state index is 0.105. The van der Waals surface area contributed by atoms with Gasteiger partial charge in [0.25, 0.3) is 10.0 Å². The van der Waals surface area contributed by atoms with Crippen LogP contribution < -0.4 is 9.62 Å². The predicted octanol–water partition coefficient (Wildman–Crippen LogP) is 1.61. The molecule has 0 spiro atoms. The van der Waals surface area contributed by atoms with E-state index in [4.69, 9.17) is 11.6 Å². The molecule has 10 heteroatoms. The maximum Gasteiger partial charge on any atom is 0.250 e. The summed E-state index contributed by atoms with van der Waals surface area (Å²) in [6, 6.07) is 3.89. The van der Waals surface area contributed by atoms with Crippen molar-refractivity contribution in [2.45, 2.75) is 23.1 Å². The maximum atomic E-state index is 12.6. The van der Waals surface area contributed by atoms with Crippen molar-refractivity contribution in [3.05, 3.63) is 28.7 Å². The summed E-state index contributed by atoms with van der Waals surface area (Å²) in [5.74, 6) is 0.379. The standard InChI is InChI=1S/C13H15ClN4O3S2/c1-17-11(6-7-15-17)18-8-2-3-9(13(18)19)16-23(20,21)12-5-4-10(14)22-12/h4-7,9,16H,2-3,8H2,1H3/t9-/m1/s1. The van der Waals surface area contributed by atoms with E-state index in [1.807, 2.05) is 0 Å². The fourth-order valence-corrected chi connectivity index (χ4v) is 5.25. The summed E-state index contributed by atoms with van der Waals surface area (Å²) in [4.78, 5) is 14.2. The predicted molar refractivity (Wildman–Crippen MR) is 88.2 cm³/mol. The molecular weight excluding hydrogens is 360 g/mol. The van der Waals surface area contributed by atoms with Gasteiger partial charge in [-0.3, -0.25) is 14.4 Å². The number of amides is 1. The van der Waals surface area contributed by atoms with Crippen molar-refractivity contribution < 1.29 is 13.2 Å². The van der Waals surface area contributed by atoms with Crippen LogP contribution in [-0.2, 0) is 21.9 Å². The van der Waals surface area contributed by atoms with E-state index in [1.165, 1.54) is 12.1 Å². The van der Waals surface area contributed by atoms with Gasteiger partial charge in [0.05, 0.1) is 10.5 Å². The van der Waals surface area contributed by atoms with Crippen LogP contribution in [0.15, 0.2) is 28.6 Å². The molecule has 0 saturated carbocycles. The van der Waals surface area contributed by atoms with Crippen molar-refractivity contribution in [1.82, 2.24) is 14.5 Å². The number of nitrogens with one attached hydrogen (secondary N) is 1. The number of hydrogen-bond donors (Lipinski definition) is 1. The Balaban J connectivity index is 1.80. The SMILES string of the molecule is Cn1nccc1N1CCC[C@@H](NS(=O)(=O)c2ccc(Cl)s2)C1=O. The second-order valence-electron chi connectivity index (χ2n) is 5.18. The number of aromatic nitrogens is 2. The molecule has 0 aliphatic carbocycles. The lowest BCUT2D eigenvalue weighted by atomic mass is 10.1. The molecule has 124 valence electrons. The normalized spacial score (nSPS) is 19.3. The summed E-state index contributed by atoms with van der Waals surface area (Å²) in [7, 11) is -2.02. The van der Waals surface area contributed by atoms with Crippen molar-refractivity contribution in [1.29, 1.82) is 0 Å². The Kier molecular flexibility index (Phi) is 4.45. The van der Waals surface area contributed by atoms with Gasteiger partial charge in [-0.2, -0.15) is 9.82 Å². The smallest absolute Gasteiger partial charge is 0.250 e. The number of sulfonamides is 1. The highest BCUT2D eigenvalue weighted by molar-refractivity contribution is 7.91. The number of anilines is 1. The third kappa shape index (κ3) is 3.27. The second kappa shape index (κ2) is 6.23. The fourth-order valence-electron chi connectivity index (χ4n) is 2.53. The molecular formula is C13H15ClN4O3S2. The van der Waals surface area contributed by atoms with Gasteiger partial charge in [-0.05, 0) is 25.0 Å². The van der Waals surface area contributed by atoms with E-state index in [1.54, 1.807) is 28.9 Å². The average Bonchev–Trinajstić information content (AvgIpc) is 3.10. The Morgan fingerprint density at radius 2 is 2.17 bits per heavy atom. The zero-order valence-corrected chi connectivity index (χ0v) is 14.7. The van der Waals surface area contributed by atoms with Crippen LogP contribution in [0.2, 0.25) is 4.34 Å². The molecule has 0 unspecified atom stereocenters. The van der Waals surface area contributed by atoms with Gasteiger partial charge in [0.1, 0.15) is 16.1 Å². The van der Waals surface area contributed by atoms with Gasteiger partial charge in [-0.25, -0.2) is 8.42 Å². The average molecular weight is 375 g/mol. The number of carbonyl (C=O) groups is 1. The molecule has 1 atom stereocenters. The zero-order chi connectivity index (χ0) is 16.6. The van der Waals surface area contributed by atoms with Crippen molar-refractivity contribution >= 4 is 44.7 Å². The summed E-state index contributed by atoms with van der Waals surface area (Å²) in [6.45, 7) is 0.543. The van der Waals surface area contributed by atoms with Gasteiger partial charge in [0.2, 0.25) is 5.91 Å². The van der Waals surface area contributed by atoms with E-state index in [0.29, 0.717) is 29.5 Å². The van der Waals surface area contributed by atoms with Crippen LogP contribution in [0.5, 0.6) is 0 Å². The van der Waals surface area contributed by atoms with Crippen molar-refractivity contribution in [3.63, 3.8) is 0 Å². The fraction of sp³-hybridized carbons (Fsp3) is 0.385. The van der Waals surface area contributed by atoms with E-state index >= 15 is 0 Å². The number of rotatable bonds is 4. The molecule has 2 aromatic rings. The Hall–Kier alpha value is -1.42. The van der Waals surface area contributed by atoms with Gasteiger partial charge in [-0.15, -0.1) is 11.3 Å². The van der Waals surface area contributed by atoms with Crippen molar-refractivity contribution in [2.24, 2.45) is 7.05 Å². The topological polar surface area (TPSA) is 84.3 Å². The minimum atomic E-state index is -3.76. The molecule has 2 aromatic heterocycles. The number of carbonyl (C=O) groups excluding carboxylic acids is 1. The van der Waals surface area contributed by atoms with Crippen LogP contribution in [0, 0.1) is 0 Å². The Labute approximate surface area is 142 Å². The molecule has 1 amide bonds. The number of nitrogens with zero attached hydrogens (tertiary/aromatic N) is 3. The third-order valence-electron chi connectivity index (χ3n) is 3.62. The summed E-state index contributed by atoms with van der Waals surface area (Å²) in [5.41, 5.74) is 0. The van der Waals surface area contributed by atoms with Crippen LogP contribution in [0.1, 0.15) is 12.8 Å². The Bertz CT molecular complexity index is 830. The van der Waals surface area contributed by atoms with Crippen LogP contribution in [0.4, 0.5) is 5.82 Å². The monoisotopic (exact) mass is 374 g/mol. The van der Waals surface area contributed by atoms with E-state index in [0.717, 1.165) is 11.3 Å². The van der Waals surface area contributed by atoms with E-state index < -0.39 is 16.1 Å². The number of thiophene rings is 1. The summed E-state index contributed by atoms with van der Waals surface area (Å²) in [5, 5.41) is 4.05.